The van der Waals surface area contributed by atoms with Crippen LogP contribution in [0.4, 0.5) is 0 Å². The molecule has 0 aromatic heterocycles. The van der Waals surface area contributed by atoms with Gasteiger partial charge >= 0.3 is 0 Å². The lowest BCUT2D eigenvalue weighted by atomic mass is 9.59. The predicted molar refractivity (Wildman–Crippen MR) is 93.5 cm³/mol. The average Bonchev–Trinajstić information content (AvgIpc) is 2.69. The molecule has 3 rings (SSSR count). The fourth-order valence-corrected chi connectivity index (χ4v) is 5.49. The van der Waals surface area contributed by atoms with Gasteiger partial charge in [-0.2, -0.15) is 0 Å². The molecule has 0 aliphatic heterocycles. The van der Waals surface area contributed by atoms with Crippen LogP contribution in [-0.4, -0.2) is 50.6 Å². The molecule has 0 aromatic carbocycles. The smallest absolute Gasteiger partial charge is 0.153 e. The Morgan fingerprint density at radius 3 is 2.32 bits per heavy atom. The normalized spacial score (nSPS) is 49.0. The van der Waals surface area contributed by atoms with E-state index in [-0.39, 0.29) is 23.2 Å². The number of aliphatic hydroxyl groups excluding tert-OH is 3. The van der Waals surface area contributed by atoms with E-state index in [4.69, 9.17) is 0 Å². The number of hydrogen-bond donors (Lipinski definition) is 4. The zero-order valence-corrected chi connectivity index (χ0v) is 15.7. The fourth-order valence-electron chi connectivity index (χ4n) is 5.49. The zero-order valence-electron chi connectivity index (χ0n) is 15.7. The first kappa shape index (κ1) is 18.8. The van der Waals surface area contributed by atoms with Crippen molar-refractivity contribution in [3.05, 3.63) is 23.3 Å². The minimum absolute atomic E-state index is 0.171. The largest absolute Gasteiger partial charge is 0.392 e. The third kappa shape index (κ3) is 2.01. The van der Waals surface area contributed by atoms with E-state index in [1.54, 1.807) is 19.1 Å². The molecule has 5 nitrogen and oxygen atoms in total. The van der Waals surface area contributed by atoms with Crippen molar-refractivity contribution in [2.24, 2.45) is 28.6 Å². The molecular weight excluding hydrogens is 320 g/mol. The molecule has 0 amide bonds. The van der Waals surface area contributed by atoms with Crippen LogP contribution in [0.1, 0.15) is 41.0 Å². The first-order valence-electron chi connectivity index (χ1n) is 9.09. The Bertz CT molecular complexity index is 663. The van der Waals surface area contributed by atoms with Crippen LogP contribution in [0.25, 0.3) is 0 Å². The van der Waals surface area contributed by atoms with Crippen LogP contribution in [0.2, 0.25) is 0 Å². The van der Waals surface area contributed by atoms with Crippen LogP contribution in [0.3, 0.4) is 0 Å². The van der Waals surface area contributed by atoms with E-state index in [9.17, 15) is 25.2 Å². The first-order valence-corrected chi connectivity index (χ1v) is 9.09. The third-order valence-corrected chi connectivity index (χ3v) is 7.54. The van der Waals surface area contributed by atoms with Gasteiger partial charge in [0.15, 0.2) is 5.78 Å². The number of fused-ring (bicyclic) bond motifs is 1. The molecular formula is C20H30O5. The van der Waals surface area contributed by atoms with Crippen molar-refractivity contribution in [1.29, 1.82) is 0 Å². The van der Waals surface area contributed by atoms with E-state index in [1.165, 1.54) is 0 Å². The van der Waals surface area contributed by atoms with Gasteiger partial charge in [-0.05, 0) is 41.7 Å². The minimum atomic E-state index is -2.06. The minimum Gasteiger partial charge on any atom is -0.392 e. The summed E-state index contributed by atoms with van der Waals surface area (Å²) in [6.07, 6.45) is 1.17. The number of hydrogen-bond acceptors (Lipinski definition) is 5. The molecule has 0 heterocycles. The lowest BCUT2D eigenvalue weighted by Gasteiger charge is -2.47. The maximum absolute atomic E-state index is 13.8. The molecule has 0 aromatic rings. The van der Waals surface area contributed by atoms with Crippen LogP contribution in [0.15, 0.2) is 23.3 Å². The van der Waals surface area contributed by atoms with Crippen molar-refractivity contribution in [3.63, 3.8) is 0 Å². The number of carbonyl (C=O) groups excluding carboxylic acids is 1. The average molecular weight is 350 g/mol. The molecule has 2 bridgehead atoms. The lowest BCUT2D eigenvalue weighted by molar-refractivity contribution is -0.189. The molecule has 2 unspecified atom stereocenters. The molecule has 140 valence electrons. The summed E-state index contributed by atoms with van der Waals surface area (Å²) in [5, 5.41) is 43.1. The summed E-state index contributed by atoms with van der Waals surface area (Å²) in [5.74, 6) is -0.779. The Kier molecular flexibility index (Phi) is 4.12. The van der Waals surface area contributed by atoms with Crippen molar-refractivity contribution >= 4 is 5.78 Å². The summed E-state index contributed by atoms with van der Waals surface area (Å²) < 4.78 is 0. The Labute approximate surface area is 149 Å². The molecule has 7 atom stereocenters. The van der Waals surface area contributed by atoms with Crippen molar-refractivity contribution in [1.82, 2.24) is 0 Å². The summed E-state index contributed by atoms with van der Waals surface area (Å²) in [6.45, 7) is 9.27. The van der Waals surface area contributed by atoms with Gasteiger partial charge < -0.3 is 20.4 Å². The highest BCUT2D eigenvalue weighted by molar-refractivity contribution is 5.95. The summed E-state index contributed by atoms with van der Waals surface area (Å²) >= 11 is 0. The number of carbonyl (C=O) groups is 1. The van der Waals surface area contributed by atoms with Gasteiger partial charge in [0, 0.05) is 5.92 Å². The van der Waals surface area contributed by atoms with Gasteiger partial charge in [-0.3, -0.25) is 4.79 Å². The van der Waals surface area contributed by atoms with Crippen LogP contribution >= 0.6 is 0 Å². The molecule has 4 N–H and O–H groups in total. The standard InChI is InChI=1S/C20H30O5/c1-10-8-19-12(3)6-11(2)18(4,5)14(17(19)24)7-13(9-21)16(23)20(19,25)15(10)22/h7-8,11-12,14-16,21-23,25H,6,9H2,1-5H3/t11-,12?,14+,15-,16+,19?,20+/m0/s1. The Morgan fingerprint density at radius 2 is 1.76 bits per heavy atom. The monoisotopic (exact) mass is 350 g/mol. The van der Waals surface area contributed by atoms with Gasteiger partial charge in [0.2, 0.25) is 0 Å². The van der Waals surface area contributed by atoms with E-state index in [0.29, 0.717) is 12.0 Å². The van der Waals surface area contributed by atoms with Crippen LogP contribution in [0.5, 0.6) is 0 Å². The molecule has 1 fully saturated rings. The topological polar surface area (TPSA) is 98.0 Å². The lowest BCUT2D eigenvalue weighted by Crippen LogP contribution is -2.65. The Morgan fingerprint density at radius 1 is 1.16 bits per heavy atom. The SMILES string of the molecule is CC1=CC23C(=O)[C@@H](C=C(CO)[C@@H](O)[C@]2(O)[C@H]1O)C(C)(C)[C@@H](C)CC3C. The number of allylic oxidation sites excluding steroid dienone is 1. The van der Waals surface area contributed by atoms with E-state index in [1.807, 2.05) is 20.8 Å². The maximum Gasteiger partial charge on any atom is 0.153 e. The quantitative estimate of drug-likeness (QED) is 0.533. The second-order valence-electron chi connectivity index (χ2n) is 8.99. The second kappa shape index (κ2) is 5.49. The molecule has 5 heteroatoms. The molecule has 25 heavy (non-hydrogen) atoms. The zero-order chi connectivity index (χ0) is 18.9. The maximum atomic E-state index is 13.8. The van der Waals surface area contributed by atoms with Crippen LogP contribution in [0, 0.1) is 28.6 Å². The number of aliphatic hydroxyl groups is 4. The molecule has 0 radical (unpaired) electrons. The summed E-state index contributed by atoms with van der Waals surface area (Å²) in [7, 11) is 0. The van der Waals surface area contributed by atoms with Crippen molar-refractivity contribution in [2.75, 3.05) is 6.61 Å². The predicted octanol–water partition coefficient (Wildman–Crippen LogP) is 1.21. The first-order chi connectivity index (χ1) is 11.5. The summed E-state index contributed by atoms with van der Waals surface area (Å²) in [4.78, 5) is 13.8. The number of rotatable bonds is 1. The Hall–Kier alpha value is -1.01. The highest BCUT2D eigenvalue weighted by atomic mass is 16.4. The Balaban J connectivity index is 2.38. The number of ketones is 1. The van der Waals surface area contributed by atoms with Gasteiger partial charge in [-0.15, -0.1) is 0 Å². The summed E-state index contributed by atoms with van der Waals surface area (Å²) in [6, 6.07) is 0. The molecule has 1 spiro atoms. The number of Topliss-reactive ketones (excluding diaryl/α,β-unsaturated/α-hetero) is 1. The van der Waals surface area contributed by atoms with Gasteiger partial charge in [0.05, 0.1) is 12.0 Å². The van der Waals surface area contributed by atoms with E-state index < -0.39 is 41.2 Å². The van der Waals surface area contributed by atoms with Crippen molar-refractivity contribution in [2.45, 2.75) is 58.8 Å². The highest BCUT2D eigenvalue weighted by Crippen LogP contribution is 2.61. The van der Waals surface area contributed by atoms with Gasteiger partial charge in [0.25, 0.3) is 0 Å². The molecule has 3 aliphatic rings. The molecule has 3 aliphatic carbocycles. The van der Waals surface area contributed by atoms with Crippen molar-refractivity contribution < 1.29 is 25.2 Å². The van der Waals surface area contributed by atoms with Crippen molar-refractivity contribution in [3.8, 4) is 0 Å². The van der Waals surface area contributed by atoms with E-state index in [2.05, 4.69) is 6.92 Å². The third-order valence-electron chi connectivity index (χ3n) is 7.54. The van der Waals surface area contributed by atoms with Crippen LogP contribution < -0.4 is 0 Å². The van der Waals surface area contributed by atoms with Crippen LogP contribution in [-0.2, 0) is 4.79 Å². The van der Waals surface area contributed by atoms with Gasteiger partial charge in [-0.25, -0.2) is 0 Å². The second-order valence-corrected chi connectivity index (χ2v) is 8.99. The molecule has 1 saturated carbocycles. The highest BCUT2D eigenvalue weighted by Gasteiger charge is 2.71. The van der Waals surface area contributed by atoms with E-state index >= 15 is 0 Å². The van der Waals surface area contributed by atoms with E-state index in [0.717, 1.165) is 0 Å². The molecule has 0 saturated heterocycles. The fraction of sp³-hybridized carbons (Fsp3) is 0.750. The van der Waals surface area contributed by atoms with Gasteiger partial charge in [-0.1, -0.05) is 39.8 Å². The van der Waals surface area contributed by atoms with Gasteiger partial charge in [0.1, 0.15) is 17.8 Å². The summed E-state index contributed by atoms with van der Waals surface area (Å²) in [5.41, 5.74) is -3.12.